The van der Waals surface area contributed by atoms with E-state index in [0.29, 0.717) is 17.2 Å². The fraction of sp³-hybridized carbons (Fsp3) is 0.200. The third-order valence-electron chi connectivity index (χ3n) is 2.71. The smallest absolute Gasteiger partial charge is 0.337 e. The highest BCUT2D eigenvalue weighted by Crippen LogP contribution is 2.22. The van der Waals surface area contributed by atoms with Crippen LogP contribution in [0.3, 0.4) is 0 Å². The van der Waals surface area contributed by atoms with Crippen molar-refractivity contribution in [3.8, 4) is 11.6 Å². The predicted octanol–water partition coefficient (Wildman–Crippen LogP) is 2.46. The zero-order valence-corrected chi connectivity index (χ0v) is 11.3. The first-order chi connectivity index (χ1) is 9.74. The van der Waals surface area contributed by atoms with Crippen molar-refractivity contribution in [3.63, 3.8) is 0 Å². The number of ether oxygens (including phenoxy) is 3. The largest absolute Gasteiger partial charge is 0.496 e. The molecule has 0 aliphatic rings. The Morgan fingerprint density at radius 3 is 2.70 bits per heavy atom. The van der Waals surface area contributed by atoms with Gasteiger partial charge in [-0.3, -0.25) is 0 Å². The number of hydrogen-bond donors (Lipinski definition) is 0. The molecule has 0 unspecified atom stereocenters. The number of carbonyl (C=O) groups excluding carboxylic acids is 1. The van der Waals surface area contributed by atoms with Crippen molar-refractivity contribution in [1.82, 2.24) is 4.98 Å². The van der Waals surface area contributed by atoms with Crippen molar-refractivity contribution in [2.24, 2.45) is 0 Å². The van der Waals surface area contributed by atoms with E-state index in [9.17, 15) is 4.79 Å². The number of rotatable bonds is 5. The molecule has 104 valence electrons. The molecule has 0 bridgehead atoms. The lowest BCUT2D eigenvalue weighted by Gasteiger charge is -2.11. The van der Waals surface area contributed by atoms with E-state index in [1.54, 1.807) is 37.6 Å². The van der Waals surface area contributed by atoms with Gasteiger partial charge in [-0.1, -0.05) is 6.07 Å². The summed E-state index contributed by atoms with van der Waals surface area (Å²) in [6, 6.07) is 10.5. The fourth-order valence-electron chi connectivity index (χ4n) is 1.72. The van der Waals surface area contributed by atoms with Gasteiger partial charge in [0.05, 0.1) is 19.8 Å². The molecule has 2 rings (SSSR count). The van der Waals surface area contributed by atoms with Gasteiger partial charge in [-0.05, 0) is 24.3 Å². The second-order valence-corrected chi connectivity index (χ2v) is 3.97. The summed E-state index contributed by atoms with van der Waals surface area (Å²) in [7, 11) is 2.91. The van der Waals surface area contributed by atoms with E-state index in [1.165, 1.54) is 7.11 Å². The first-order valence-corrected chi connectivity index (χ1v) is 6.03. The van der Waals surface area contributed by atoms with Crippen molar-refractivity contribution < 1.29 is 19.0 Å². The zero-order valence-electron chi connectivity index (χ0n) is 11.3. The van der Waals surface area contributed by atoms with E-state index < -0.39 is 5.97 Å². The van der Waals surface area contributed by atoms with Gasteiger partial charge in [0.2, 0.25) is 5.88 Å². The molecule has 1 aromatic carbocycles. The summed E-state index contributed by atoms with van der Waals surface area (Å²) >= 11 is 0. The van der Waals surface area contributed by atoms with Crippen LogP contribution < -0.4 is 9.47 Å². The summed E-state index contributed by atoms with van der Waals surface area (Å²) in [6.07, 6.45) is 1.65. The molecule has 5 heteroatoms. The molecule has 0 aliphatic heterocycles. The maximum absolute atomic E-state index is 11.5. The van der Waals surface area contributed by atoms with E-state index in [0.717, 1.165) is 5.56 Å². The van der Waals surface area contributed by atoms with Crippen molar-refractivity contribution >= 4 is 5.97 Å². The van der Waals surface area contributed by atoms with Crippen LogP contribution in [0.25, 0.3) is 0 Å². The van der Waals surface area contributed by atoms with Crippen molar-refractivity contribution in [2.75, 3.05) is 14.2 Å². The molecule has 1 heterocycles. The van der Waals surface area contributed by atoms with Gasteiger partial charge in [0.15, 0.2) is 0 Å². The number of carbonyl (C=O) groups is 1. The van der Waals surface area contributed by atoms with Crippen LogP contribution in [-0.2, 0) is 11.3 Å². The lowest BCUT2D eigenvalue weighted by Crippen LogP contribution is -2.05. The number of methoxy groups -OCH3 is 2. The molecule has 0 atom stereocenters. The van der Waals surface area contributed by atoms with E-state index in [-0.39, 0.29) is 6.61 Å². The minimum absolute atomic E-state index is 0.255. The minimum atomic E-state index is -0.397. The van der Waals surface area contributed by atoms with Gasteiger partial charge >= 0.3 is 5.97 Å². The number of benzene rings is 1. The third-order valence-corrected chi connectivity index (χ3v) is 2.71. The molecule has 0 fully saturated rings. The summed E-state index contributed by atoms with van der Waals surface area (Å²) in [5.74, 6) is 0.762. The van der Waals surface area contributed by atoms with Crippen molar-refractivity contribution in [2.45, 2.75) is 6.61 Å². The zero-order chi connectivity index (χ0) is 14.4. The van der Waals surface area contributed by atoms with Crippen LogP contribution in [-0.4, -0.2) is 25.2 Å². The number of nitrogens with zero attached hydrogens (tertiary/aromatic N) is 1. The highest BCUT2D eigenvalue weighted by atomic mass is 16.5. The Morgan fingerprint density at radius 1 is 1.20 bits per heavy atom. The summed E-state index contributed by atoms with van der Waals surface area (Å²) in [5, 5.41) is 0. The molecule has 0 aliphatic carbocycles. The lowest BCUT2D eigenvalue weighted by molar-refractivity contribution is 0.0600. The summed E-state index contributed by atoms with van der Waals surface area (Å²) in [5.41, 5.74) is 1.20. The van der Waals surface area contributed by atoms with Gasteiger partial charge in [0.25, 0.3) is 0 Å². The number of esters is 1. The molecule has 0 saturated heterocycles. The van der Waals surface area contributed by atoms with Gasteiger partial charge in [0.1, 0.15) is 12.4 Å². The molecule has 0 spiro atoms. The Hall–Kier alpha value is -2.56. The second-order valence-electron chi connectivity index (χ2n) is 3.97. The SMILES string of the molecule is COC(=O)c1ccc(OC)c(COc2ccccn2)c1. The lowest BCUT2D eigenvalue weighted by atomic mass is 10.1. The van der Waals surface area contributed by atoms with Crippen molar-refractivity contribution in [1.29, 1.82) is 0 Å². The Bertz CT molecular complexity index is 584. The van der Waals surface area contributed by atoms with Crippen LogP contribution in [0, 0.1) is 0 Å². The summed E-state index contributed by atoms with van der Waals surface area (Å²) in [4.78, 5) is 15.6. The van der Waals surface area contributed by atoms with Crippen LogP contribution >= 0.6 is 0 Å². The summed E-state index contributed by atoms with van der Waals surface area (Å²) < 4.78 is 15.5. The first kappa shape index (κ1) is 13.9. The monoisotopic (exact) mass is 273 g/mol. The highest BCUT2D eigenvalue weighted by molar-refractivity contribution is 5.89. The normalized spacial score (nSPS) is 9.90. The topological polar surface area (TPSA) is 57.7 Å². The molecular formula is C15H15NO4. The highest BCUT2D eigenvalue weighted by Gasteiger charge is 2.11. The predicted molar refractivity (Wildman–Crippen MR) is 72.9 cm³/mol. The van der Waals surface area contributed by atoms with Gasteiger partial charge in [-0.25, -0.2) is 9.78 Å². The van der Waals surface area contributed by atoms with Gasteiger partial charge in [-0.15, -0.1) is 0 Å². The molecule has 5 nitrogen and oxygen atoms in total. The average molecular weight is 273 g/mol. The van der Waals surface area contributed by atoms with Crippen LogP contribution in [0.15, 0.2) is 42.6 Å². The second kappa shape index (κ2) is 6.56. The van der Waals surface area contributed by atoms with Crippen LogP contribution in [0.5, 0.6) is 11.6 Å². The van der Waals surface area contributed by atoms with E-state index in [4.69, 9.17) is 14.2 Å². The standard InChI is InChI=1S/C15H15NO4/c1-18-13-7-6-11(15(17)19-2)9-12(13)10-20-14-5-3-4-8-16-14/h3-9H,10H2,1-2H3. The Labute approximate surface area is 117 Å². The Morgan fingerprint density at radius 2 is 2.05 bits per heavy atom. The number of aromatic nitrogens is 1. The van der Waals surface area contributed by atoms with Crippen LogP contribution in [0.2, 0.25) is 0 Å². The minimum Gasteiger partial charge on any atom is -0.496 e. The molecule has 0 N–H and O–H groups in total. The number of pyridine rings is 1. The van der Waals surface area contributed by atoms with E-state index >= 15 is 0 Å². The van der Waals surface area contributed by atoms with E-state index in [2.05, 4.69) is 4.98 Å². The number of hydrogen-bond acceptors (Lipinski definition) is 5. The van der Waals surface area contributed by atoms with Crippen LogP contribution in [0.4, 0.5) is 0 Å². The van der Waals surface area contributed by atoms with Gasteiger partial charge in [-0.2, -0.15) is 0 Å². The molecule has 2 aromatic rings. The van der Waals surface area contributed by atoms with Gasteiger partial charge in [0, 0.05) is 17.8 Å². The van der Waals surface area contributed by atoms with Crippen LogP contribution in [0.1, 0.15) is 15.9 Å². The van der Waals surface area contributed by atoms with E-state index in [1.807, 2.05) is 12.1 Å². The molecule has 0 radical (unpaired) electrons. The Balaban J connectivity index is 2.18. The Kier molecular flexibility index (Phi) is 4.55. The molecule has 0 saturated carbocycles. The molecule has 20 heavy (non-hydrogen) atoms. The third kappa shape index (κ3) is 3.26. The average Bonchev–Trinajstić information content (AvgIpc) is 2.52. The molecular weight excluding hydrogens is 258 g/mol. The fourth-order valence-corrected chi connectivity index (χ4v) is 1.72. The van der Waals surface area contributed by atoms with Crippen molar-refractivity contribution in [3.05, 3.63) is 53.7 Å². The maximum atomic E-state index is 11.5. The molecule has 1 aromatic heterocycles. The maximum Gasteiger partial charge on any atom is 0.337 e. The summed E-state index contributed by atoms with van der Waals surface area (Å²) in [6.45, 7) is 0.255. The molecule has 0 amide bonds. The quantitative estimate of drug-likeness (QED) is 0.783. The first-order valence-electron chi connectivity index (χ1n) is 6.03. The van der Waals surface area contributed by atoms with Gasteiger partial charge < -0.3 is 14.2 Å².